The van der Waals surface area contributed by atoms with Gasteiger partial charge in [-0.3, -0.25) is 4.90 Å². The van der Waals surface area contributed by atoms with Gasteiger partial charge in [-0.15, -0.1) is 0 Å². The predicted octanol–water partition coefficient (Wildman–Crippen LogP) is 1.96. The lowest BCUT2D eigenvalue weighted by atomic mass is 10.2. The van der Waals surface area contributed by atoms with Crippen molar-refractivity contribution in [1.29, 1.82) is 0 Å². The molecule has 1 aliphatic rings. The molecule has 1 aromatic carbocycles. The van der Waals surface area contributed by atoms with E-state index in [1.54, 1.807) is 7.11 Å². The van der Waals surface area contributed by atoms with Crippen LogP contribution in [0.25, 0.3) is 0 Å². The number of aliphatic hydroxyl groups excluding tert-OH is 1. The minimum absolute atomic E-state index is 0.235. The fourth-order valence-electron chi connectivity index (χ4n) is 3.96. The Hall–Kier alpha value is -2.40. The van der Waals surface area contributed by atoms with E-state index < -0.39 is 0 Å². The highest BCUT2D eigenvalue weighted by Gasteiger charge is 2.16. The average Bonchev–Trinajstić information content (AvgIpc) is 3.26. The molecule has 0 radical (unpaired) electrons. The number of hydrogen-bond acceptors (Lipinski definition) is 7. The number of piperazine rings is 1. The van der Waals surface area contributed by atoms with Gasteiger partial charge in [0.2, 0.25) is 0 Å². The first kappa shape index (κ1) is 26.2. The van der Waals surface area contributed by atoms with Gasteiger partial charge in [0.25, 0.3) is 0 Å². The Morgan fingerprint density at radius 2 is 1.85 bits per heavy atom. The lowest BCUT2D eigenvalue weighted by molar-refractivity contribution is 0.108. The second-order valence-corrected chi connectivity index (χ2v) is 8.85. The van der Waals surface area contributed by atoms with Crippen LogP contribution in [0.2, 0.25) is 0 Å². The van der Waals surface area contributed by atoms with Crippen LogP contribution in [0.15, 0.2) is 30.7 Å². The number of hydrogen-bond donors (Lipinski definition) is 3. The van der Waals surface area contributed by atoms with E-state index in [0.717, 1.165) is 82.3 Å². The molecule has 0 atom stereocenters. The predicted molar refractivity (Wildman–Crippen MR) is 139 cm³/mol. The van der Waals surface area contributed by atoms with E-state index in [4.69, 9.17) is 26.8 Å². The highest BCUT2D eigenvalue weighted by Crippen LogP contribution is 2.30. The summed E-state index contributed by atoms with van der Waals surface area (Å²) in [6.45, 7) is 10.5. The van der Waals surface area contributed by atoms with Gasteiger partial charge >= 0.3 is 0 Å². The number of thiocarbonyl (C=S) groups is 1. The molecule has 0 unspecified atom stereocenters. The molecule has 10 heteroatoms. The number of methoxy groups -OCH3 is 1. The smallest absolute Gasteiger partial charge is 0.170 e. The van der Waals surface area contributed by atoms with Gasteiger partial charge in [-0.2, -0.15) is 0 Å². The molecule has 0 amide bonds. The zero-order valence-corrected chi connectivity index (χ0v) is 21.1. The minimum Gasteiger partial charge on any atom is -0.493 e. The number of imidazole rings is 1. The second kappa shape index (κ2) is 14.1. The van der Waals surface area contributed by atoms with E-state index in [9.17, 15) is 0 Å². The summed E-state index contributed by atoms with van der Waals surface area (Å²) in [6, 6.07) is 5.76. The summed E-state index contributed by atoms with van der Waals surface area (Å²) in [5.74, 6) is 1.41. The topological polar surface area (TPSA) is 87.1 Å². The first-order chi connectivity index (χ1) is 16.6. The Morgan fingerprint density at radius 3 is 2.53 bits per heavy atom. The van der Waals surface area contributed by atoms with Gasteiger partial charge in [0.15, 0.2) is 16.6 Å². The molecule has 188 valence electrons. The summed E-state index contributed by atoms with van der Waals surface area (Å²) in [5, 5.41) is 16.1. The van der Waals surface area contributed by atoms with Crippen LogP contribution in [-0.4, -0.2) is 95.7 Å². The molecule has 1 aromatic heterocycles. The van der Waals surface area contributed by atoms with E-state index in [2.05, 4.69) is 36.9 Å². The number of aromatic nitrogens is 2. The summed E-state index contributed by atoms with van der Waals surface area (Å²) < 4.78 is 13.6. The average molecular weight is 491 g/mol. The van der Waals surface area contributed by atoms with E-state index in [0.29, 0.717) is 17.5 Å². The fourth-order valence-corrected chi connectivity index (χ4v) is 4.18. The summed E-state index contributed by atoms with van der Waals surface area (Å²) >= 11 is 5.42. The van der Waals surface area contributed by atoms with Crippen LogP contribution in [0, 0.1) is 6.92 Å². The molecule has 3 rings (SSSR count). The van der Waals surface area contributed by atoms with Gasteiger partial charge in [-0.25, -0.2) is 4.98 Å². The lowest BCUT2D eigenvalue weighted by Crippen LogP contribution is -2.47. The van der Waals surface area contributed by atoms with Crippen molar-refractivity contribution in [3.05, 3.63) is 36.4 Å². The van der Waals surface area contributed by atoms with Gasteiger partial charge in [0.1, 0.15) is 0 Å². The Balaban J connectivity index is 1.34. The quantitative estimate of drug-likeness (QED) is 0.288. The number of aryl methyl sites for hydroxylation is 2. The van der Waals surface area contributed by atoms with Gasteiger partial charge in [-0.05, 0) is 44.1 Å². The minimum atomic E-state index is 0.235. The van der Waals surface area contributed by atoms with Gasteiger partial charge in [-0.1, -0.05) is 0 Å². The molecule has 1 aliphatic heterocycles. The number of nitrogens with one attached hydrogen (secondary N) is 2. The van der Waals surface area contributed by atoms with Gasteiger partial charge in [0, 0.05) is 76.0 Å². The fraction of sp³-hybridized carbons (Fsp3) is 0.583. The van der Waals surface area contributed by atoms with Crippen LogP contribution in [0.1, 0.15) is 18.5 Å². The van der Waals surface area contributed by atoms with Crippen LogP contribution in [-0.2, 0) is 6.54 Å². The van der Waals surface area contributed by atoms with E-state index in [1.165, 1.54) is 0 Å². The first-order valence-electron chi connectivity index (χ1n) is 12.0. The molecule has 0 bridgehead atoms. The SMILES string of the molecule is COc1cc(NC(=S)NCCCn2cncc2C)ccc1OCCCN1CCN(CCO)CC1. The third-order valence-electron chi connectivity index (χ3n) is 5.96. The molecule has 3 N–H and O–H groups in total. The number of aliphatic hydroxyl groups is 1. The maximum absolute atomic E-state index is 9.05. The highest BCUT2D eigenvalue weighted by molar-refractivity contribution is 7.80. The molecule has 2 heterocycles. The van der Waals surface area contributed by atoms with Crippen molar-refractivity contribution < 1.29 is 14.6 Å². The van der Waals surface area contributed by atoms with Crippen molar-refractivity contribution in [2.45, 2.75) is 26.3 Å². The third-order valence-corrected chi connectivity index (χ3v) is 6.21. The van der Waals surface area contributed by atoms with Crippen molar-refractivity contribution >= 4 is 23.0 Å². The van der Waals surface area contributed by atoms with Crippen molar-refractivity contribution in [2.24, 2.45) is 0 Å². The van der Waals surface area contributed by atoms with E-state index >= 15 is 0 Å². The van der Waals surface area contributed by atoms with Crippen molar-refractivity contribution in [3.8, 4) is 11.5 Å². The number of anilines is 1. The van der Waals surface area contributed by atoms with E-state index in [1.807, 2.05) is 30.7 Å². The number of rotatable bonds is 13. The van der Waals surface area contributed by atoms with E-state index in [-0.39, 0.29) is 6.61 Å². The summed E-state index contributed by atoms with van der Waals surface area (Å²) in [7, 11) is 1.65. The van der Waals surface area contributed by atoms with Gasteiger partial charge in [0.05, 0.1) is 26.7 Å². The van der Waals surface area contributed by atoms with Crippen molar-refractivity contribution in [1.82, 2.24) is 24.7 Å². The highest BCUT2D eigenvalue weighted by atomic mass is 32.1. The molecule has 1 fully saturated rings. The Morgan fingerprint density at radius 1 is 1.09 bits per heavy atom. The largest absolute Gasteiger partial charge is 0.493 e. The standard InChI is InChI=1S/C24H38N6O3S/c1-20-18-25-19-30(20)9-3-7-26-24(34)27-21-5-6-22(23(17-21)32-2)33-16-4-8-28-10-12-29(13-11-28)14-15-31/h5-6,17-19,31H,3-4,7-16H2,1-2H3,(H2,26,27,34). The Labute approximate surface area is 208 Å². The molecule has 1 saturated heterocycles. The molecule has 0 spiro atoms. The molecular weight excluding hydrogens is 452 g/mol. The Bertz CT molecular complexity index is 885. The summed E-state index contributed by atoms with van der Waals surface area (Å²) in [6.07, 6.45) is 5.62. The number of nitrogens with zero attached hydrogens (tertiary/aromatic N) is 4. The number of benzene rings is 1. The maximum atomic E-state index is 9.05. The Kier molecular flexibility index (Phi) is 10.9. The van der Waals surface area contributed by atoms with Crippen LogP contribution in [0.3, 0.4) is 0 Å². The molecule has 9 nitrogen and oxygen atoms in total. The maximum Gasteiger partial charge on any atom is 0.170 e. The summed E-state index contributed by atoms with van der Waals surface area (Å²) in [5.41, 5.74) is 2.01. The third kappa shape index (κ3) is 8.43. The lowest BCUT2D eigenvalue weighted by Gasteiger charge is -2.34. The first-order valence-corrected chi connectivity index (χ1v) is 12.4. The molecule has 34 heavy (non-hydrogen) atoms. The van der Waals surface area contributed by atoms with Crippen LogP contribution >= 0.6 is 12.2 Å². The van der Waals surface area contributed by atoms with Crippen molar-refractivity contribution in [3.63, 3.8) is 0 Å². The van der Waals surface area contributed by atoms with Gasteiger partial charge < -0.3 is 34.7 Å². The molecule has 0 saturated carbocycles. The molecular formula is C24H38N6O3S. The number of β-amino-alcohol motifs (C(OH)–C–C–N with tert-alkyl or cyclic N) is 1. The van der Waals surface area contributed by atoms with Crippen LogP contribution < -0.4 is 20.1 Å². The van der Waals surface area contributed by atoms with Crippen LogP contribution in [0.4, 0.5) is 5.69 Å². The molecule has 0 aliphatic carbocycles. The monoisotopic (exact) mass is 490 g/mol. The van der Waals surface area contributed by atoms with Crippen LogP contribution in [0.5, 0.6) is 11.5 Å². The second-order valence-electron chi connectivity index (χ2n) is 8.44. The number of ether oxygens (including phenoxy) is 2. The molecule has 2 aromatic rings. The zero-order valence-electron chi connectivity index (χ0n) is 20.3. The normalized spacial score (nSPS) is 14.7. The summed E-state index contributed by atoms with van der Waals surface area (Å²) in [4.78, 5) is 8.89. The van der Waals surface area contributed by atoms with Crippen molar-refractivity contribution in [2.75, 3.05) is 71.5 Å². The zero-order chi connectivity index (χ0) is 24.2.